The van der Waals surface area contributed by atoms with Gasteiger partial charge in [-0.3, -0.25) is 4.79 Å². The fraction of sp³-hybridized carbons (Fsp3) is 0.294. The van der Waals surface area contributed by atoms with Crippen LogP contribution in [0.3, 0.4) is 0 Å². The van der Waals surface area contributed by atoms with Crippen LogP contribution < -0.4 is 9.47 Å². The fourth-order valence-corrected chi connectivity index (χ4v) is 3.59. The summed E-state index contributed by atoms with van der Waals surface area (Å²) in [5, 5.41) is 0. The normalized spacial score (nSPS) is 17.0. The first-order valence-corrected chi connectivity index (χ1v) is 8.77. The zero-order valence-corrected chi connectivity index (χ0v) is 14.4. The first kappa shape index (κ1) is 15.8. The Bertz CT molecular complexity index is 914. The quantitative estimate of drug-likeness (QED) is 0.714. The molecule has 7 nitrogen and oxygen atoms in total. The van der Waals surface area contributed by atoms with Crippen LogP contribution in [0.4, 0.5) is 0 Å². The first-order chi connectivity index (χ1) is 12.2. The molecule has 128 valence electrons. The van der Waals surface area contributed by atoms with Crippen LogP contribution in [0.25, 0.3) is 10.2 Å². The molecule has 0 spiro atoms. The van der Waals surface area contributed by atoms with Gasteiger partial charge >= 0.3 is 0 Å². The smallest absolute Gasteiger partial charge is 0.278 e. The largest absolute Gasteiger partial charge is 0.477 e. The molecule has 1 aromatic carbocycles. The highest BCUT2D eigenvalue weighted by Gasteiger charge is 2.29. The van der Waals surface area contributed by atoms with Gasteiger partial charge in [-0.25, -0.2) is 15.0 Å². The Kier molecular flexibility index (Phi) is 4.19. The highest BCUT2D eigenvalue weighted by atomic mass is 32.1. The van der Waals surface area contributed by atoms with Gasteiger partial charge in [0.25, 0.3) is 17.7 Å². The molecule has 4 rings (SSSR count). The SMILES string of the molecule is COc1nccnc1O[C@H]1CCN(C(=O)c2ccc3ncsc3c2)C1. The second-order valence-corrected chi connectivity index (χ2v) is 6.57. The molecule has 3 aromatic rings. The zero-order chi connectivity index (χ0) is 17.2. The number of likely N-dealkylation sites (tertiary alicyclic amines) is 1. The standard InChI is InChI=1S/C17H16N4O3S/c1-23-15-16(19-6-5-18-15)24-12-4-7-21(9-12)17(22)11-2-3-13-14(8-11)25-10-20-13/h2-3,5-6,8,10,12H,4,7,9H2,1H3/t12-/m0/s1. The third-order valence-corrected chi connectivity index (χ3v) is 4.91. The summed E-state index contributed by atoms with van der Waals surface area (Å²) >= 11 is 1.53. The molecule has 1 aliphatic heterocycles. The Morgan fingerprint density at radius 3 is 2.92 bits per heavy atom. The lowest BCUT2D eigenvalue weighted by atomic mass is 10.2. The third kappa shape index (κ3) is 3.12. The molecular weight excluding hydrogens is 340 g/mol. The molecule has 1 amide bonds. The van der Waals surface area contributed by atoms with Crippen molar-refractivity contribution in [2.45, 2.75) is 12.5 Å². The van der Waals surface area contributed by atoms with Crippen LogP contribution >= 0.6 is 11.3 Å². The van der Waals surface area contributed by atoms with Crippen molar-refractivity contribution in [1.82, 2.24) is 19.9 Å². The topological polar surface area (TPSA) is 77.4 Å². The Morgan fingerprint density at radius 2 is 2.08 bits per heavy atom. The maximum atomic E-state index is 12.7. The van der Waals surface area contributed by atoms with E-state index in [1.165, 1.54) is 18.4 Å². The molecule has 0 saturated carbocycles. The minimum absolute atomic E-state index is 0.00695. The number of nitrogens with zero attached hydrogens (tertiary/aromatic N) is 4. The van der Waals surface area contributed by atoms with Gasteiger partial charge in [0.05, 0.1) is 29.4 Å². The van der Waals surface area contributed by atoms with Gasteiger partial charge in [-0.2, -0.15) is 0 Å². The van der Waals surface area contributed by atoms with Crippen LogP contribution in [-0.4, -0.2) is 52.1 Å². The van der Waals surface area contributed by atoms with Crippen molar-refractivity contribution >= 4 is 27.5 Å². The van der Waals surface area contributed by atoms with E-state index >= 15 is 0 Å². The lowest BCUT2D eigenvalue weighted by Crippen LogP contribution is -2.31. The summed E-state index contributed by atoms with van der Waals surface area (Å²) in [6.07, 6.45) is 3.72. The van der Waals surface area contributed by atoms with Gasteiger partial charge < -0.3 is 14.4 Å². The molecule has 2 aromatic heterocycles. The molecule has 1 fully saturated rings. The number of ether oxygens (including phenoxy) is 2. The lowest BCUT2D eigenvalue weighted by Gasteiger charge is -2.17. The summed E-state index contributed by atoms with van der Waals surface area (Å²) in [4.78, 5) is 27.0. The Hall–Kier alpha value is -2.74. The van der Waals surface area contributed by atoms with E-state index in [0.717, 1.165) is 16.6 Å². The van der Waals surface area contributed by atoms with Crippen molar-refractivity contribution in [3.8, 4) is 11.8 Å². The number of aromatic nitrogens is 3. The van der Waals surface area contributed by atoms with Crippen LogP contribution in [-0.2, 0) is 0 Å². The van der Waals surface area contributed by atoms with Crippen molar-refractivity contribution < 1.29 is 14.3 Å². The van der Waals surface area contributed by atoms with Gasteiger partial charge in [0.15, 0.2) is 0 Å². The molecule has 1 atom stereocenters. The number of hydrogen-bond donors (Lipinski definition) is 0. The van der Waals surface area contributed by atoms with E-state index in [2.05, 4.69) is 15.0 Å². The third-order valence-electron chi connectivity index (χ3n) is 4.12. The van der Waals surface area contributed by atoms with Crippen LogP contribution in [0.2, 0.25) is 0 Å². The molecule has 0 bridgehead atoms. The van der Waals surface area contributed by atoms with Crippen molar-refractivity contribution in [2.24, 2.45) is 0 Å². The number of fused-ring (bicyclic) bond motifs is 1. The van der Waals surface area contributed by atoms with Gasteiger partial charge in [-0.15, -0.1) is 11.3 Å². The molecule has 0 N–H and O–H groups in total. The van der Waals surface area contributed by atoms with Gasteiger partial charge in [0, 0.05) is 30.9 Å². The number of thiazole rings is 1. The first-order valence-electron chi connectivity index (χ1n) is 7.89. The van der Waals surface area contributed by atoms with E-state index in [9.17, 15) is 4.79 Å². The second-order valence-electron chi connectivity index (χ2n) is 5.69. The van der Waals surface area contributed by atoms with Crippen molar-refractivity contribution in [3.05, 3.63) is 41.7 Å². The number of hydrogen-bond acceptors (Lipinski definition) is 7. The van der Waals surface area contributed by atoms with E-state index in [-0.39, 0.29) is 12.0 Å². The van der Waals surface area contributed by atoms with Gasteiger partial charge in [-0.1, -0.05) is 0 Å². The number of methoxy groups -OCH3 is 1. The highest BCUT2D eigenvalue weighted by Crippen LogP contribution is 2.25. The second kappa shape index (κ2) is 6.64. The summed E-state index contributed by atoms with van der Waals surface area (Å²) in [5.74, 6) is 0.714. The van der Waals surface area contributed by atoms with E-state index in [0.29, 0.717) is 30.4 Å². The van der Waals surface area contributed by atoms with E-state index in [1.807, 2.05) is 18.2 Å². The highest BCUT2D eigenvalue weighted by molar-refractivity contribution is 7.16. The van der Waals surface area contributed by atoms with E-state index < -0.39 is 0 Å². The van der Waals surface area contributed by atoms with E-state index in [4.69, 9.17) is 9.47 Å². The van der Waals surface area contributed by atoms with Crippen LogP contribution in [0, 0.1) is 0 Å². The van der Waals surface area contributed by atoms with Gasteiger partial charge in [0.2, 0.25) is 0 Å². The summed E-state index contributed by atoms with van der Waals surface area (Å²) in [6.45, 7) is 1.16. The van der Waals surface area contributed by atoms with Crippen molar-refractivity contribution in [1.29, 1.82) is 0 Å². The summed E-state index contributed by atoms with van der Waals surface area (Å²) in [6, 6.07) is 5.60. The average molecular weight is 356 g/mol. The maximum absolute atomic E-state index is 12.7. The summed E-state index contributed by atoms with van der Waals surface area (Å²) in [7, 11) is 1.52. The monoisotopic (exact) mass is 356 g/mol. The number of amides is 1. The number of carbonyl (C=O) groups is 1. The molecule has 0 unspecified atom stereocenters. The summed E-state index contributed by atoms with van der Waals surface area (Å²) in [5.41, 5.74) is 3.38. The van der Waals surface area contributed by atoms with Crippen LogP contribution in [0.1, 0.15) is 16.8 Å². The van der Waals surface area contributed by atoms with E-state index in [1.54, 1.807) is 22.8 Å². The molecule has 3 heterocycles. The number of rotatable bonds is 4. The van der Waals surface area contributed by atoms with Crippen molar-refractivity contribution in [2.75, 3.05) is 20.2 Å². The molecule has 0 radical (unpaired) electrons. The van der Waals surface area contributed by atoms with Gasteiger partial charge in [0.1, 0.15) is 6.10 Å². The number of benzene rings is 1. The minimum Gasteiger partial charge on any atom is -0.477 e. The average Bonchev–Trinajstić information content (AvgIpc) is 3.30. The molecule has 0 aliphatic carbocycles. The summed E-state index contributed by atoms with van der Waals surface area (Å²) < 4.78 is 12.0. The number of carbonyl (C=O) groups excluding carboxylic acids is 1. The molecule has 8 heteroatoms. The Labute approximate surface area is 148 Å². The predicted octanol–water partition coefficient (Wildman–Crippen LogP) is 2.39. The molecule has 25 heavy (non-hydrogen) atoms. The fourth-order valence-electron chi connectivity index (χ4n) is 2.87. The van der Waals surface area contributed by atoms with Gasteiger partial charge in [-0.05, 0) is 18.2 Å². The minimum atomic E-state index is -0.123. The Balaban J connectivity index is 1.45. The Morgan fingerprint density at radius 1 is 1.24 bits per heavy atom. The molecular formula is C17H16N4O3S. The predicted molar refractivity (Wildman–Crippen MR) is 93.1 cm³/mol. The zero-order valence-electron chi connectivity index (χ0n) is 13.6. The lowest BCUT2D eigenvalue weighted by molar-refractivity contribution is 0.0770. The molecule has 1 aliphatic rings. The van der Waals surface area contributed by atoms with Crippen LogP contribution in [0.15, 0.2) is 36.1 Å². The maximum Gasteiger partial charge on any atom is 0.278 e. The molecule has 1 saturated heterocycles. The van der Waals surface area contributed by atoms with Crippen LogP contribution in [0.5, 0.6) is 11.8 Å². The van der Waals surface area contributed by atoms with Crippen molar-refractivity contribution in [3.63, 3.8) is 0 Å².